The molecule has 2 heterocycles. The second kappa shape index (κ2) is 6.62. The standard InChI is InChI=1S/C22H28O3/c1-14(2)16-9-8-15(3)7-6-11-22(4)12-10-17-18(25-22)13-19(24-5)21(23)20(16)17/h7,10,12-13,16,23H,1,6,8-9,11H2,2-5H3/b15-7+/t16-,22-/m1/s1. The van der Waals surface area contributed by atoms with Crippen molar-refractivity contribution in [3.05, 3.63) is 47.1 Å². The molecule has 0 amide bonds. The fourth-order valence-electron chi connectivity index (χ4n) is 3.82. The van der Waals surface area contributed by atoms with E-state index >= 15 is 0 Å². The van der Waals surface area contributed by atoms with Gasteiger partial charge in [-0.3, -0.25) is 0 Å². The molecule has 134 valence electrons. The van der Waals surface area contributed by atoms with Gasteiger partial charge in [-0.1, -0.05) is 29.9 Å². The maximum absolute atomic E-state index is 10.9. The Morgan fingerprint density at radius 3 is 2.88 bits per heavy atom. The number of ether oxygens (including phenoxy) is 2. The number of phenols is 1. The SMILES string of the molecule is C=C(C)[C@H]1CC/C(C)=C/CC[C@]2(C)C=Cc3c(cc(OC)c(O)c31)O2. The Labute approximate surface area is 150 Å². The number of methoxy groups -OCH3 is 1. The lowest BCUT2D eigenvalue weighted by molar-refractivity contribution is 0.127. The van der Waals surface area contributed by atoms with E-state index in [0.717, 1.165) is 48.1 Å². The van der Waals surface area contributed by atoms with Crippen molar-refractivity contribution in [2.75, 3.05) is 7.11 Å². The molecule has 0 fully saturated rings. The number of rotatable bonds is 2. The smallest absolute Gasteiger partial charge is 0.164 e. The van der Waals surface area contributed by atoms with Crippen molar-refractivity contribution in [3.8, 4) is 17.2 Å². The Kier molecular flexibility index (Phi) is 4.68. The number of aromatic hydroxyl groups is 1. The lowest BCUT2D eigenvalue weighted by Crippen LogP contribution is -2.32. The van der Waals surface area contributed by atoms with Crippen LogP contribution in [0.25, 0.3) is 6.08 Å². The lowest BCUT2D eigenvalue weighted by Gasteiger charge is -2.34. The van der Waals surface area contributed by atoms with E-state index in [1.807, 2.05) is 6.92 Å². The maximum atomic E-state index is 10.9. The van der Waals surface area contributed by atoms with Crippen LogP contribution in [0.3, 0.4) is 0 Å². The fourth-order valence-corrected chi connectivity index (χ4v) is 3.82. The van der Waals surface area contributed by atoms with Crippen LogP contribution in [-0.2, 0) is 0 Å². The van der Waals surface area contributed by atoms with E-state index < -0.39 is 0 Å². The van der Waals surface area contributed by atoms with Gasteiger partial charge in [0.25, 0.3) is 0 Å². The molecule has 1 aromatic carbocycles. The van der Waals surface area contributed by atoms with E-state index in [1.165, 1.54) is 5.57 Å². The molecule has 4 bridgehead atoms. The van der Waals surface area contributed by atoms with Crippen LogP contribution >= 0.6 is 0 Å². The number of fused-ring (bicyclic) bond motifs is 5. The van der Waals surface area contributed by atoms with Crippen LogP contribution in [0.2, 0.25) is 0 Å². The van der Waals surface area contributed by atoms with Gasteiger partial charge in [0.15, 0.2) is 11.5 Å². The topological polar surface area (TPSA) is 38.7 Å². The minimum Gasteiger partial charge on any atom is -0.504 e. The van der Waals surface area contributed by atoms with Gasteiger partial charge in [-0.05, 0) is 52.5 Å². The molecule has 25 heavy (non-hydrogen) atoms. The van der Waals surface area contributed by atoms with Gasteiger partial charge in [0.1, 0.15) is 11.4 Å². The first kappa shape index (κ1) is 17.7. The third kappa shape index (κ3) is 3.33. The van der Waals surface area contributed by atoms with Crippen molar-refractivity contribution in [3.63, 3.8) is 0 Å². The number of benzene rings is 1. The summed E-state index contributed by atoms with van der Waals surface area (Å²) in [6, 6.07) is 1.80. The van der Waals surface area contributed by atoms with E-state index in [4.69, 9.17) is 9.47 Å². The van der Waals surface area contributed by atoms with Crippen molar-refractivity contribution >= 4 is 6.08 Å². The van der Waals surface area contributed by atoms with E-state index in [-0.39, 0.29) is 17.3 Å². The molecule has 0 saturated carbocycles. The molecule has 0 radical (unpaired) electrons. The molecule has 1 N–H and O–H groups in total. The zero-order chi connectivity index (χ0) is 18.2. The highest BCUT2D eigenvalue weighted by Crippen LogP contribution is 2.49. The summed E-state index contributed by atoms with van der Waals surface area (Å²) >= 11 is 0. The molecule has 2 aliphatic heterocycles. The summed E-state index contributed by atoms with van der Waals surface area (Å²) < 4.78 is 11.8. The average molecular weight is 340 g/mol. The van der Waals surface area contributed by atoms with Crippen LogP contribution in [0.4, 0.5) is 0 Å². The first-order valence-corrected chi connectivity index (χ1v) is 8.98. The molecule has 4 rings (SSSR count). The van der Waals surface area contributed by atoms with Gasteiger partial charge in [-0.2, -0.15) is 0 Å². The summed E-state index contributed by atoms with van der Waals surface area (Å²) in [6.07, 6.45) is 10.3. The van der Waals surface area contributed by atoms with Crippen LogP contribution in [0, 0.1) is 0 Å². The summed E-state index contributed by atoms with van der Waals surface area (Å²) in [5, 5.41) is 10.9. The van der Waals surface area contributed by atoms with Crippen LogP contribution in [-0.4, -0.2) is 17.8 Å². The highest BCUT2D eigenvalue weighted by molar-refractivity contribution is 5.72. The Morgan fingerprint density at radius 2 is 2.20 bits per heavy atom. The van der Waals surface area contributed by atoms with Gasteiger partial charge in [0, 0.05) is 23.1 Å². The largest absolute Gasteiger partial charge is 0.504 e. The molecule has 1 aromatic rings. The molecule has 0 spiro atoms. The Hall–Kier alpha value is -2.16. The summed E-state index contributed by atoms with van der Waals surface area (Å²) in [5.41, 5.74) is 3.89. The first-order chi connectivity index (χ1) is 11.8. The second-order valence-corrected chi connectivity index (χ2v) is 7.53. The molecular formula is C22H28O3. The minimum absolute atomic E-state index is 0.0595. The van der Waals surface area contributed by atoms with Crippen molar-refractivity contribution < 1.29 is 14.6 Å². The van der Waals surface area contributed by atoms with Gasteiger partial charge < -0.3 is 14.6 Å². The van der Waals surface area contributed by atoms with Crippen molar-refractivity contribution in [1.82, 2.24) is 0 Å². The fraction of sp³-hybridized carbons (Fsp3) is 0.455. The van der Waals surface area contributed by atoms with Gasteiger partial charge in [-0.25, -0.2) is 0 Å². The molecule has 3 aliphatic rings. The monoisotopic (exact) mass is 340 g/mol. The molecule has 2 atom stereocenters. The van der Waals surface area contributed by atoms with Crippen molar-refractivity contribution in [1.29, 1.82) is 0 Å². The summed E-state index contributed by atoms with van der Waals surface area (Å²) in [4.78, 5) is 0. The zero-order valence-corrected chi connectivity index (χ0v) is 15.7. The number of hydrogen-bond donors (Lipinski definition) is 1. The first-order valence-electron chi connectivity index (χ1n) is 8.98. The minimum atomic E-state index is -0.346. The van der Waals surface area contributed by atoms with Gasteiger partial charge >= 0.3 is 0 Å². The molecule has 0 aromatic heterocycles. The van der Waals surface area contributed by atoms with Crippen LogP contribution in [0.1, 0.15) is 63.5 Å². The summed E-state index contributed by atoms with van der Waals surface area (Å²) in [6.45, 7) is 10.5. The van der Waals surface area contributed by atoms with E-state index in [2.05, 4.69) is 38.7 Å². The molecule has 0 unspecified atom stereocenters. The van der Waals surface area contributed by atoms with Crippen molar-refractivity contribution in [2.45, 2.75) is 58.0 Å². The maximum Gasteiger partial charge on any atom is 0.164 e. The number of phenolic OH excluding ortho intramolecular Hbond substituents is 1. The molecule has 0 saturated heterocycles. The Morgan fingerprint density at radius 1 is 1.44 bits per heavy atom. The molecular weight excluding hydrogens is 312 g/mol. The third-order valence-electron chi connectivity index (χ3n) is 5.38. The number of allylic oxidation sites excluding steroid dienone is 3. The average Bonchev–Trinajstić information content (AvgIpc) is 2.55. The van der Waals surface area contributed by atoms with E-state index in [1.54, 1.807) is 13.2 Å². The number of hydrogen-bond acceptors (Lipinski definition) is 3. The molecule has 3 heteroatoms. The van der Waals surface area contributed by atoms with Crippen LogP contribution < -0.4 is 9.47 Å². The quantitative estimate of drug-likeness (QED) is 0.697. The second-order valence-electron chi connectivity index (χ2n) is 7.53. The van der Waals surface area contributed by atoms with Gasteiger partial charge in [-0.15, -0.1) is 0 Å². The Balaban J connectivity index is 2.24. The Bertz CT molecular complexity index is 757. The normalized spacial score (nSPS) is 27.5. The van der Waals surface area contributed by atoms with Gasteiger partial charge in [0.2, 0.25) is 0 Å². The van der Waals surface area contributed by atoms with Gasteiger partial charge in [0.05, 0.1) is 7.11 Å². The molecule has 1 aliphatic carbocycles. The summed E-state index contributed by atoms with van der Waals surface area (Å²) in [5.74, 6) is 1.50. The predicted molar refractivity (Wildman–Crippen MR) is 103 cm³/mol. The van der Waals surface area contributed by atoms with E-state index in [9.17, 15) is 5.11 Å². The lowest BCUT2D eigenvalue weighted by atomic mass is 9.81. The van der Waals surface area contributed by atoms with Crippen LogP contribution in [0.5, 0.6) is 17.2 Å². The zero-order valence-electron chi connectivity index (χ0n) is 15.7. The summed E-state index contributed by atoms with van der Waals surface area (Å²) in [7, 11) is 1.58. The predicted octanol–water partition coefficient (Wildman–Crippen LogP) is 5.75. The highest BCUT2D eigenvalue weighted by Gasteiger charge is 2.32. The van der Waals surface area contributed by atoms with Crippen LogP contribution in [0.15, 0.2) is 35.9 Å². The highest BCUT2D eigenvalue weighted by atomic mass is 16.5. The molecule has 3 nitrogen and oxygen atoms in total. The van der Waals surface area contributed by atoms with Crippen molar-refractivity contribution in [2.24, 2.45) is 0 Å². The third-order valence-corrected chi connectivity index (χ3v) is 5.38. The van der Waals surface area contributed by atoms with E-state index in [0.29, 0.717) is 5.75 Å².